The van der Waals surface area contributed by atoms with Gasteiger partial charge in [0.2, 0.25) is 0 Å². The van der Waals surface area contributed by atoms with Crippen molar-refractivity contribution in [2.75, 3.05) is 25.0 Å². The molecule has 1 atom stereocenters. The van der Waals surface area contributed by atoms with Gasteiger partial charge in [-0.05, 0) is 68.4 Å². The first-order valence-corrected chi connectivity index (χ1v) is 12.8. The Morgan fingerprint density at radius 1 is 1.00 bits per heavy atom. The van der Waals surface area contributed by atoms with E-state index in [1.54, 1.807) is 18.3 Å². The Bertz CT molecular complexity index is 1310. The molecule has 3 aromatic heterocycles. The number of fused-ring (bicyclic) bond motifs is 2. The highest BCUT2D eigenvalue weighted by atomic mass is 16.2. The number of piperidine rings is 1. The van der Waals surface area contributed by atoms with Crippen molar-refractivity contribution in [1.82, 2.24) is 34.5 Å². The van der Waals surface area contributed by atoms with E-state index in [9.17, 15) is 9.59 Å². The van der Waals surface area contributed by atoms with Crippen LogP contribution in [0.1, 0.15) is 66.1 Å². The lowest BCUT2D eigenvalue weighted by Gasteiger charge is -2.35. The Labute approximate surface area is 209 Å². The van der Waals surface area contributed by atoms with E-state index in [0.29, 0.717) is 36.3 Å². The second-order valence-corrected chi connectivity index (χ2v) is 9.90. The van der Waals surface area contributed by atoms with E-state index in [1.807, 2.05) is 21.9 Å². The first kappa shape index (κ1) is 22.6. The number of nitrogens with zero attached hydrogens (tertiary/aromatic N) is 7. The summed E-state index contributed by atoms with van der Waals surface area (Å²) in [6, 6.07) is 7.71. The molecular formula is C26H30N8O2. The Morgan fingerprint density at radius 3 is 2.72 bits per heavy atom. The summed E-state index contributed by atoms with van der Waals surface area (Å²) in [7, 11) is 0. The molecule has 3 aliphatic rings. The van der Waals surface area contributed by atoms with E-state index in [-0.39, 0.29) is 11.9 Å². The van der Waals surface area contributed by atoms with Crippen molar-refractivity contribution in [3.63, 3.8) is 0 Å². The van der Waals surface area contributed by atoms with E-state index < -0.39 is 0 Å². The standard InChI is InChI=1S/C26H30N8O2/c1-17-8-9-23-30-31-24(34(17)23)20-6-5-7-22(28-20)29-25(35)21-14-19-16-33(13-10-18(19)15-27-21)26(36)32-11-3-2-4-12-32/h5-7,14-15,17H,2-4,8-13,16H2,1H3,(H,28,29,35)/t17-/m0/s1. The van der Waals surface area contributed by atoms with Crippen molar-refractivity contribution in [3.05, 3.63) is 53.1 Å². The number of nitrogens with one attached hydrogen (secondary N) is 1. The molecule has 186 valence electrons. The number of rotatable bonds is 3. The molecule has 6 rings (SSSR count). The zero-order valence-corrected chi connectivity index (χ0v) is 20.5. The maximum Gasteiger partial charge on any atom is 0.320 e. The molecule has 0 unspecified atom stereocenters. The van der Waals surface area contributed by atoms with Gasteiger partial charge in [0.1, 0.15) is 23.0 Å². The topological polar surface area (TPSA) is 109 Å². The molecule has 0 saturated carbocycles. The molecule has 0 radical (unpaired) electrons. The molecule has 1 saturated heterocycles. The molecule has 10 heteroatoms. The lowest BCUT2D eigenvalue weighted by Crippen LogP contribution is -2.47. The second-order valence-electron chi connectivity index (χ2n) is 9.90. The van der Waals surface area contributed by atoms with Crippen molar-refractivity contribution < 1.29 is 9.59 Å². The van der Waals surface area contributed by atoms with E-state index in [2.05, 4.69) is 37.0 Å². The first-order chi connectivity index (χ1) is 17.6. The summed E-state index contributed by atoms with van der Waals surface area (Å²) in [5.41, 5.74) is 3.04. The van der Waals surface area contributed by atoms with Gasteiger partial charge in [-0.15, -0.1) is 10.2 Å². The molecule has 10 nitrogen and oxygen atoms in total. The molecule has 0 aromatic carbocycles. The third-order valence-electron chi connectivity index (χ3n) is 7.44. The maximum absolute atomic E-state index is 13.1. The summed E-state index contributed by atoms with van der Waals surface area (Å²) in [6.07, 6.45) is 7.78. The summed E-state index contributed by atoms with van der Waals surface area (Å²) in [6.45, 7) is 4.98. The van der Waals surface area contributed by atoms with Crippen LogP contribution in [0.5, 0.6) is 0 Å². The third-order valence-corrected chi connectivity index (χ3v) is 7.44. The van der Waals surface area contributed by atoms with Crippen LogP contribution in [0, 0.1) is 0 Å². The number of carbonyl (C=O) groups is 2. The van der Waals surface area contributed by atoms with Crippen LogP contribution < -0.4 is 5.32 Å². The molecule has 36 heavy (non-hydrogen) atoms. The number of hydrogen-bond donors (Lipinski definition) is 1. The quantitative estimate of drug-likeness (QED) is 0.607. The summed E-state index contributed by atoms with van der Waals surface area (Å²) in [4.78, 5) is 38.9. The van der Waals surface area contributed by atoms with Crippen LogP contribution in [0.2, 0.25) is 0 Å². The molecule has 0 bridgehead atoms. The fourth-order valence-electron chi connectivity index (χ4n) is 5.42. The van der Waals surface area contributed by atoms with Gasteiger partial charge in [0.15, 0.2) is 5.82 Å². The fourth-order valence-corrected chi connectivity index (χ4v) is 5.42. The fraction of sp³-hybridized carbons (Fsp3) is 0.462. The number of aromatic nitrogens is 5. The molecule has 6 heterocycles. The lowest BCUT2D eigenvalue weighted by molar-refractivity contribution is 0.102. The average molecular weight is 487 g/mol. The summed E-state index contributed by atoms with van der Waals surface area (Å²) in [5.74, 6) is 1.79. The minimum absolute atomic E-state index is 0.0958. The van der Waals surface area contributed by atoms with Crippen LogP contribution in [0.15, 0.2) is 30.5 Å². The number of amides is 3. The van der Waals surface area contributed by atoms with E-state index in [0.717, 1.165) is 68.0 Å². The van der Waals surface area contributed by atoms with Crippen molar-refractivity contribution in [2.45, 2.75) is 58.0 Å². The van der Waals surface area contributed by atoms with Crippen molar-refractivity contribution >= 4 is 17.8 Å². The van der Waals surface area contributed by atoms with Gasteiger partial charge in [0.25, 0.3) is 5.91 Å². The van der Waals surface area contributed by atoms with Gasteiger partial charge in [0.05, 0.1) is 0 Å². The maximum atomic E-state index is 13.1. The molecule has 3 amide bonds. The van der Waals surface area contributed by atoms with Crippen LogP contribution in [0.25, 0.3) is 11.5 Å². The number of hydrogen-bond acceptors (Lipinski definition) is 6. The van der Waals surface area contributed by atoms with Crippen LogP contribution in [0.4, 0.5) is 10.6 Å². The van der Waals surface area contributed by atoms with E-state index in [1.165, 1.54) is 6.42 Å². The summed E-state index contributed by atoms with van der Waals surface area (Å²) in [5, 5.41) is 11.5. The summed E-state index contributed by atoms with van der Waals surface area (Å²) < 4.78 is 2.12. The Morgan fingerprint density at radius 2 is 1.86 bits per heavy atom. The zero-order valence-electron chi connectivity index (χ0n) is 20.5. The largest absolute Gasteiger partial charge is 0.325 e. The number of anilines is 1. The van der Waals surface area contributed by atoms with Crippen LogP contribution >= 0.6 is 0 Å². The van der Waals surface area contributed by atoms with Gasteiger partial charge in [-0.1, -0.05) is 6.07 Å². The average Bonchev–Trinajstić information content (AvgIpc) is 3.51. The zero-order chi connectivity index (χ0) is 24.6. The SMILES string of the molecule is C[C@H]1CCc2nnc(-c3cccc(NC(=O)c4cc5c(cn4)CCN(C(=O)N4CCCCC4)C5)n3)n21. The van der Waals surface area contributed by atoms with Gasteiger partial charge in [0, 0.05) is 44.8 Å². The van der Waals surface area contributed by atoms with Gasteiger partial charge in [-0.25, -0.2) is 9.78 Å². The summed E-state index contributed by atoms with van der Waals surface area (Å²) >= 11 is 0. The molecule has 3 aromatic rings. The Kier molecular flexibility index (Phi) is 5.86. The minimum atomic E-state index is -0.332. The van der Waals surface area contributed by atoms with Gasteiger partial charge >= 0.3 is 6.03 Å². The molecular weight excluding hydrogens is 456 g/mol. The number of likely N-dealkylation sites (tertiary alicyclic amines) is 1. The Hall–Kier alpha value is -3.82. The van der Waals surface area contributed by atoms with Crippen molar-refractivity contribution in [2.24, 2.45) is 0 Å². The van der Waals surface area contributed by atoms with Gasteiger partial charge < -0.3 is 19.7 Å². The highest BCUT2D eigenvalue weighted by molar-refractivity contribution is 6.02. The van der Waals surface area contributed by atoms with Crippen LogP contribution in [-0.2, 0) is 19.4 Å². The van der Waals surface area contributed by atoms with Crippen molar-refractivity contribution in [1.29, 1.82) is 0 Å². The highest BCUT2D eigenvalue weighted by Gasteiger charge is 2.27. The number of carbonyl (C=O) groups excluding carboxylic acids is 2. The minimum Gasteiger partial charge on any atom is -0.325 e. The van der Waals surface area contributed by atoms with Crippen LogP contribution in [-0.4, -0.2) is 66.1 Å². The predicted molar refractivity (Wildman–Crippen MR) is 133 cm³/mol. The molecule has 3 aliphatic heterocycles. The van der Waals surface area contributed by atoms with Gasteiger partial charge in [-0.3, -0.25) is 9.78 Å². The van der Waals surface area contributed by atoms with E-state index in [4.69, 9.17) is 0 Å². The molecule has 1 fully saturated rings. The Balaban J connectivity index is 1.17. The number of pyridine rings is 2. The lowest BCUT2D eigenvalue weighted by atomic mass is 10.0. The van der Waals surface area contributed by atoms with Gasteiger partial charge in [-0.2, -0.15) is 0 Å². The third kappa shape index (κ3) is 4.20. The molecule has 0 aliphatic carbocycles. The highest BCUT2D eigenvalue weighted by Crippen LogP contribution is 2.30. The van der Waals surface area contributed by atoms with Crippen molar-refractivity contribution in [3.8, 4) is 11.5 Å². The monoisotopic (exact) mass is 486 g/mol. The van der Waals surface area contributed by atoms with Crippen LogP contribution in [0.3, 0.4) is 0 Å². The molecule has 1 N–H and O–H groups in total. The smallest absolute Gasteiger partial charge is 0.320 e. The first-order valence-electron chi connectivity index (χ1n) is 12.8. The number of aryl methyl sites for hydroxylation is 1. The van der Waals surface area contributed by atoms with E-state index >= 15 is 0 Å². The number of urea groups is 1. The predicted octanol–water partition coefficient (Wildman–Crippen LogP) is 3.46. The normalized spacial score (nSPS) is 19.1. The molecule has 0 spiro atoms. The second kappa shape index (κ2) is 9.33.